The van der Waals surface area contributed by atoms with Crippen molar-refractivity contribution in [2.45, 2.75) is 33.6 Å². The number of imide groups is 1. The number of ketones is 1. The summed E-state index contributed by atoms with van der Waals surface area (Å²) in [5.41, 5.74) is -0.182. The van der Waals surface area contributed by atoms with E-state index in [0.29, 0.717) is 6.42 Å². The summed E-state index contributed by atoms with van der Waals surface area (Å²) in [5, 5.41) is 0. The standard InChI is InChI=1S/C12H17NO3/c1-4-5-7(14)6-13-10(15)8-9(11(13)16)12(8,2)3/h8-9H,4-6H2,1-3H3. The van der Waals surface area contributed by atoms with Gasteiger partial charge in [0.2, 0.25) is 11.8 Å². The van der Waals surface area contributed by atoms with Crippen LogP contribution in [0.15, 0.2) is 0 Å². The van der Waals surface area contributed by atoms with E-state index < -0.39 is 0 Å². The second-order valence-corrected chi connectivity index (χ2v) is 5.33. The fourth-order valence-corrected chi connectivity index (χ4v) is 2.69. The van der Waals surface area contributed by atoms with Crippen LogP contribution in [-0.4, -0.2) is 29.0 Å². The van der Waals surface area contributed by atoms with Crippen molar-refractivity contribution in [1.29, 1.82) is 0 Å². The van der Waals surface area contributed by atoms with Crippen molar-refractivity contribution in [3.63, 3.8) is 0 Å². The van der Waals surface area contributed by atoms with Gasteiger partial charge in [-0.05, 0) is 11.8 Å². The maximum absolute atomic E-state index is 11.9. The van der Waals surface area contributed by atoms with Crippen molar-refractivity contribution < 1.29 is 14.4 Å². The number of amides is 2. The minimum atomic E-state index is -0.182. The number of carbonyl (C=O) groups excluding carboxylic acids is 3. The average molecular weight is 223 g/mol. The molecular formula is C12H17NO3. The quantitative estimate of drug-likeness (QED) is 0.668. The maximum Gasteiger partial charge on any atom is 0.234 e. The van der Waals surface area contributed by atoms with Crippen LogP contribution in [0, 0.1) is 17.3 Å². The summed E-state index contributed by atoms with van der Waals surface area (Å²) in [7, 11) is 0. The summed E-state index contributed by atoms with van der Waals surface area (Å²) in [6.45, 7) is 5.76. The van der Waals surface area contributed by atoms with E-state index in [1.807, 2.05) is 20.8 Å². The lowest BCUT2D eigenvalue weighted by Crippen LogP contribution is -2.39. The highest BCUT2D eigenvalue weighted by atomic mass is 16.2. The van der Waals surface area contributed by atoms with Gasteiger partial charge in [-0.3, -0.25) is 19.3 Å². The maximum atomic E-state index is 11.9. The molecule has 2 aliphatic rings. The van der Waals surface area contributed by atoms with Gasteiger partial charge in [0.1, 0.15) is 0 Å². The molecule has 2 amide bonds. The van der Waals surface area contributed by atoms with E-state index in [9.17, 15) is 14.4 Å². The summed E-state index contributed by atoms with van der Waals surface area (Å²) in [6.07, 6.45) is 1.20. The predicted molar refractivity (Wildman–Crippen MR) is 57.4 cm³/mol. The molecule has 0 spiro atoms. The second kappa shape index (κ2) is 3.40. The van der Waals surface area contributed by atoms with Crippen LogP contribution in [0.25, 0.3) is 0 Å². The lowest BCUT2D eigenvalue weighted by atomic mass is 10.1. The molecule has 1 heterocycles. The first-order chi connectivity index (χ1) is 7.41. The van der Waals surface area contributed by atoms with E-state index in [1.165, 1.54) is 0 Å². The van der Waals surface area contributed by atoms with Gasteiger partial charge in [0, 0.05) is 6.42 Å². The number of carbonyl (C=O) groups is 3. The Labute approximate surface area is 95.0 Å². The van der Waals surface area contributed by atoms with Crippen molar-refractivity contribution >= 4 is 17.6 Å². The van der Waals surface area contributed by atoms with Crippen molar-refractivity contribution in [1.82, 2.24) is 4.90 Å². The minimum absolute atomic E-state index is 0.0193. The molecule has 0 aromatic heterocycles. The van der Waals surface area contributed by atoms with E-state index in [0.717, 1.165) is 11.3 Å². The summed E-state index contributed by atoms with van der Waals surface area (Å²) >= 11 is 0. The van der Waals surface area contributed by atoms with Crippen LogP contribution in [0.2, 0.25) is 0 Å². The fourth-order valence-electron chi connectivity index (χ4n) is 2.69. The Morgan fingerprint density at radius 1 is 1.25 bits per heavy atom. The number of fused-ring (bicyclic) bond motifs is 1. The highest BCUT2D eigenvalue weighted by Crippen LogP contribution is 2.63. The van der Waals surface area contributed by atoms with Crippen molar-refractivity contribution in [3.05, 3.63) is 0 Å². The molecule has 88 valence electrons. The van der Waals surface area contributed by atoms with Crippen LogP contribution in [0.5, 0.6) is 0 Å². The topological polar surface area (TPSA) is 54.5 Å². The molecule has 2 rings (SSSR count). The molecule has 1 saturated carbocycles. The molecule has 2 atom stereocenters. The van der Waals surface area contributed by atoms with Crippen LogP contribution < -0.4 is 0 Å². The number of rotatable bonds is 4. The first kappa shape index (κ1) is 11.3. The molecule has 4 nitrogen and oxygen atoms in total. The number of hydrogen-bond acceptors (Lipinski definition) is 3. The Morgan fingerprint density at radius 2 is 1.75 bits per heavy atom. The second-order valence-electron chi connectivity index (χ2n) is 5.33. The van der Waals surface area contributed by atoms with Gasteiger partial charge in [-0.25, -0.2) is 0 Å². The molecule has 0 N–H and O–H groups in total. The van der Waals surface area contributed by atoms with Crippen LogP contribution in [-0.2, 0) is 14.4 Å². The highest BCUT2D eigenvalue weighted by Gasteiger charge is 2.72. The molecule has 2 unspecified atom stereocenters. The molecule has 0 radical (unpaired) electrons. The minimum Gasteiger partial charge on any atom is -0.298 e. The van der Waals surface area contributed by atoms with E-state index in [1.54, 1.807) is 0 Å². The Morgan fingerprint density at radius 3 is 2.19 bits per heavy atom. The van der Waals surface area contributed by atoms with Crippen LogP contribution >= 0.6 is 0 Å². The molecule has 0 aromatic rings. The zero-order valence-electron chi connectivity index (χ0n) is 9.95. The molecule has 2 fully saturated rings. The first-order valence-electron chi connectivity index (χ1n) is 5.78. The number of likely N-dealkylation sites (tertiary alicyclic amines) is 1. The number of nitrogens with zero attached hydrogens (tertiary/aromatic N) is 1. The zero-order valence-corrected chi connectivity index (χ0v) is 9.95. The third-order valence-corrected chi connectivity index (χ3v) is 3.75. The lowest BCUT2D eigenvalue weighted by Gasteiger charge is -2.19. The van der Waals surface area contributed by atoms with Gasteiger partial charge in [0.05, 0.1) is 18.4 Å². The monoisotopic (exact) mass is 223 g/mol. The van der Waals surface area contributed by atoms with Gasteiger partial charge in [-0.2, -0.15) is 0 Å². The Balaban J connectivity index is 2.03. The van der Waals surface area contributed by atoms with Gasteiger partial charge in [0.15, 0.2) is 5.78 Å². The van der Waals surface area contributed by atoms with Gasteiger partial charge in [0.25, 0.3) is 0 Å². The molecule has 0 bridgehead atoms. The predicted octanol–water partition coefficient (Wildman–Crippen LogP) is 0.997. The number of Topliss-reactive ketones (excluding diaryl/α,β-unsaturated/α-hetero) is 1. The Kier molecular flexibility index (Phi) is 2.40. The lowest BCUT2D eigenvalue weighted by molar-refractivity contribution is -0.146. The van der Waals surface area contributed by atoms with E-state index in [2.05, 4.69) is 0 Å². The molecule has 1 aliphatic heterocycles. The van der Waals surface area contributed by atoms with Crippen LogP contribution in [0.4, 0.5) is 0 Å². The Hall–Kier alpha value is -1.19. The third kappa shape index (κ3) is 1.39. The summed E-state index contributed by atoms with van der Waals surface area (Å²) in [6, 6.07) is 0. The van der Waals surface area contributed by atoms with Crippen LogP contribution in [0.3, 0.4) is 0 Å². The van der Waals surface area contributed by atoms with Gasteiger partial charge < -0.3 is 0 Å². The molecular weight excluding hydrogens is 206 g/mol. The summed E-state index contributed by atoms with van der Waals surface area (Å²) < 4.78 is 0. The fraction of sp³-hybridized carbons (Fsp3) is 0.750. The molecule has 0 aromatic carbocycles. The highest BCUT2D eigenvalue weighted by molar-refractivity contribution is 6.12. The number of piperidine rings is 1. The molecule has 1 saturated heterocycles. The zero-order chi connectivity index (χ0) is 12.1. The van der Waals surface area contributed by atoms with Crippen molar-refractivity contribution in [2.75, 3.05) is 6.54 Å². The van der Waals surface area contributed by atoms with Gasteiger partial charge in [-0.15, -0.1) is 0 Å². The summed E-state index contributed by atoms with van der Waals surface area (Å²) in [5.74, 6) is -0.666. The average Bonchev–Trinajstić information content (AvgIpc) is 2.66. The summed E-state index contributed by atoms with van der Waals surface area (Å²) in [4.78, 5) is 36.3. The van der Waals surface area contributed by atoms with Gasteiger partial charge in [-0.1, -0.05) is 20.8 Å². The van der Waals surface area contributed by atoms with Crippen molar-refractivity contribution in [2.24, 2.45) is 17.3 Å². The van der Waals surface area contributed by atoms with Crippen LogP contribution in [0.1, 0.15) is 33.6 Å². The van der Waals surface area contributed by atoms with E-state index in [-0.39, 0.29) is 41.4 Å². The molecule has 16 heavy (non-hydrogen) atoms. The normalized spacial score (nSPS) is 30.6. The van der Waals surface area contributed by atoms with Gasteiger partial charge >= 0.3 is 0 Å². The largest absolute Gasteiger partial charge is 0.298 e. The number of hydrogen-bond donors (Lipinski definition) is 0. The van der Waals surface area contributed by atoms with E-state index in [4.69, 9.17) is 0 Å². The third-order valence-electron chi connectivity index (χ3n) is 3.75. The smallest absolute Gasteiger partial charge is 0.234 e. The SMILES string of the molecule is CCCC(=O)CN1C(=O)C2C(C1=O)C2(C)C. The Bertz CT molecular complexity index is 348. The first-order valence-corrected chi connectivity index (χ1v) is 5.78. The van der Waals surface area contributed by atoms with Crippen molar-refractivity contribution in [3.8, 4) is 0 Å². The molecule has 1 aliphatic carbocycles. The van der Waals surface area contributed by atoms with E-state index >= 15 is 0 Å². The molecule has 4 heteroatoms.